The van der Waals surface area contributed by atoms with E-state index in [1.54, 1.807) is 0 Å². The molecule has 0 bridgehead atoms. The Bertz CT molecular complexity index is 191. The number of halogens is 1. The van der Waals surface area contributed by atoms with Gasteiger partial charge in [0.15, 0.2) is 0 Å². The van der Waals surface area contributed by atoms with Gasteiger partial charge in [-0.3, -0.25) is 4.79 Å². The lowest BCUT2D eigenvalue weighted by atomic mass is 10.2. The van der Waals surface area contributed by atoms with Gasteiger partial charge >= 0.3 is 0 Å². The molecule has 0 aromatic heterocycles. The molecule has 0 radical (unpaired) electrons. The van der Waals surface area contributed by atoms with Gasteiger partial charge in [0, 0.05) is 25.5 Å². The van der Waals surface area contributed by atoms with Crippen molar-refractivity contribution in [2.24, 2.45) is 0 Å². The average Bonchev–Trinajstić information content (AvgIpc) is 2.39. The van der Waals surface area contributed by atoms with Crippen molar-refractivity contribution in [1.82, 2.24) is 5.32 Å². The summed E-state index contributed by atoms with van der Waals surface area (Å²) in [6.45, 7) is 4.95. The number of hydrogen-bond acceptors (Lipinski definition) is 3. The summed E-state index contributed by atoms with van der Waals surface area (Å²) in [5.41, 5.74) is 0. The SMILES string of the molecule is CCC(=O)NCCOCCOCCCCCCCl. The van der Waals surface area contributed by atoms with Gasteiger partial charge in [0.25, 0.3) is 0 Å². The van der Waals surface area contributed by atoms with E-state index < -0.39 is 0 Å². The van der Waals surface area contributed by atoms with Crippen LogP contribution in [0.5, 0.6) is 0 Å². The maximum atomic E-state index is 10.9. The Balaban J connectivity index is 2.97. The first-order valence-corrected chi connectivity index (χ1v) is 7.32. The van der Waals surface area contributed by atoms with Crippen molar-refractivity contribution in [3.05, 3.63) is 0 Å². The molecule has 0 spiro atoms. The van der Waals surface area contributed by atoms with Gasteiger partial charge in [0.1, 0.15) is 0 Å². The van der Waals surface area contributed by atoms with Gasteiger partial charge in [0.2, 0.25) is 5.91 Å². The fourth-order valence-corrected chi connectivity index (χ4v) is 1.55. The molecule has 4 nitrogen and oxygen atoms in total. The molecule has 0 aromatic rings. The number of ether oxygens (including phenoxy) is 2. The van der Waals surface area contributed by atoms with Crippen molar-refractivity contribution in [2.45, 2.75) is 39.0 Å². The van der Waals surface area contributed by atoms with Crippen LogP contribution in [0.2, 0.25) is 0 Å². The Labute approximate surface area is 115 Å². The third kappa shape index (κ3) is 13.7. The molecule has 0 fully saturated rings. The van der Waals surface area contributed by atoms with Gasteiger partial charge < -0.3 is 14.8 Å². The summed E-state index contributed by atoms with van der Waals surface area (Å²) in [5.74, 6) is 0.815. The molecule has 0 aromatic carbocycles. The number of nitrogens with one attached hydrogen (secondary N) is 1. The average molecular weight is 280 g/mol. The van der Waals surface area contributed by atoms with Gasteiger partial charge in [-0.2, -0.15) is 0 Å². The standard InChI is InChI=1S/C13H26ClNO3/c1-2-13(16)15-8-10-18-12-11-17-9-6-4-3-5-7-14/h2-12H2,1H3,(H,15,16). The summed E-state index contributed by atoms with van der Waals surface area (Å²) >= 11 is 5.58. The van der Waals surface area contributed by atoms with E-state index in [4.69, 9.17) is 21.1 Å². The van der Waals surface area contributed by atoms with E-state index in [0.717, 1.165) is 25.3 Å². The molecule has 0 aliphatic carbocycles. The Hall–Kier alpha value is -0.320. The highest BCUT2D eigenvalue weighted by Gasteiger charge is 1.95. The van der Waals surface area contributed by atoms with Crippen molar-refractivity contribution in [3.8, 4) is 0 Å². The minimum atomic E-state index is 0.0618. The molecule has 18 heavy (non-hydrogen) atoms. The van der Waals surface area contributed by atoms with Gasteiger partial charge in [0.05, 0.1) is 19.8 Å². The lowest BCUT2D eigenvalue weighted by Crippen LogP contribution is -2.26. The summed E-state index contributed by atoms with van der Waals surface area (Å²) in [5, 5.41) is 2.75. The van der Waals surface area contributed by atoms with Crippen molar-refractivity contribution in [3.63, 3.8) is 0 Å². The second-order valence-electron chi connectivity index (χ2n) is 4.03. The van der Waals surface area contributed by atoms with Crippen molar-refractivity contribution in [2.75, 3.05) is 38.9 Å². The van der Waals surface area contributed by atoms with E-state index in [-0.39, 0.29) is 5.91 Å². The Morgan fingerprint density at radius 1 is 1.00 bits per heavy atom. The molecule has 0 atom stereocenters. The topological polar surface area (TPSA) is 47.6 Å². The largest absolute Gasteiger partial charge is 0.379 e. The molecule has 0 unspecified atom stereocenters. The van der Waals surface area contributed by atoms with Gasteiger partial charge in [-0.05, 0) is 12.8 Å². The van der Waals surface area contributed by atoms with E-state index >= 15 is 0 Å². The monoisotopic (exact) mass is 279 g/mol. The lowest BCUT2D eigenvalue weighted by Gasteiger charge is -2.06. The Kier molecular flexibility index (Phi) is 14.5. The van der Waals surface area contributed by atoms with E-state index in [0.29, 0.717) is 32.8 Å². The van der Waals surface area contributed by atoms with Crippen LogP contribution in [0.4, 0.5) is 0 Å². The van der Waals surface area contributed by atoms with Crippen molar-refractivity contribution < 1.29 is 14.3 Å². The number of hydrogen-bond donors (Lipinski definition) is 1. The van der Waals surface area contributed by atoms with Crippen LogP contribution in [-0.4, -0.2) is 44.8 Å². The number of rotatable bonds is 13. The molecule has 0 aliphatic rings. The smallest absolute Gasteiger partial charge is 0.219 e. The maximum absolute atomic E-state index is 10.9. The van der Waals surface area contributed by atoms with Crippen LogP contribution < -0.4 is 5.32 Å². The van der Waals surface area contributed by atoms with Crippen LogP contribution in [0, 0.1) is 0 Å². The van der Waals surface area contributed by atoms with Crippen LogP contribution in [-0.2, 0) is 14.3 Å². The molecule has 0 saturated carbocycles. The molecule has 0 rings (SSSR count). The Morgan fingerprint density at radius 3 is 2.33 bits per heavy atom. The second kappa shape index (κ2) is 14.7. The summed E-state index contributed by atoms with van der Waals surface area (Å²) in [6, 6.07) is 0. The third-order valence-corrected chi connectivity index (χ3v) is 2.70. The van der Waals surface area contributed by atoms with Crippen LogP contribution in [0.3, 0.4) is 0 Å². The number of alkyl halides is 1. The summed E-state index contributed by atoms with van der Waals surface area (Å²) < 4.78 is 10.7. The molecule has 1 amide bonds. The number of unbranched alkanes of at least 4 members (excludes halogenated alkanes) is 3. The zero-order chi connectivity index (χ0) is 13.5. The quantitative estimate of drug-likeness (QED) is 0.416. The molecule has 0 heterocycles. The van der Waals surface area contributed by atoms with Crippen LogP contribution in [0.25, 0.3) is 0 Å². The molecule has 108 valence electrons. The van der Waals surface area contributed by atoms with Crippen LogP contribution >= 0.6 is 11.6 Å². The minimum absolute atomic E-state index is 0.0618. The molecule has 0 aliphatic heterocycles. The highest BCUT2D eigenvalue weighted by molar-refractivity contribution is 6.17. The summed E-state index contributed by atoms with van der Waals surface area (Å²) in [7, 11) is 0. The summed E-state index contributed by atoms with van der Waals surface area (Å²) in [4.78, 5) is 10.9. The first-order valence-electron chi connectivity index (χ1n) is 6.79. The van der Waals surface area contributed by atoms with Gasteiger partial charge in [-0.1, -0.05) is 19.8 Å². The molecular formula is C13H26ClNO3. The van der Waals surface area contributed by atoms with E-state index in [1.807, 2.05) is 6.92 Å². The third-order valence-electron chi connectivity index (χ3n) is 2.43. The zero-order valence-electron chi connectivity index (χ0n) is 11.4. The summed E-state index contributed by atoms with van der Waals surface area (Å²) in [6.07, 6.45) is 5.06. The number of amides is 1. The Morgan fingerprint density at radius 2 is 1.67 bits per heavy atom. The molecule has 0 saturated heterocycles. The highest BCUT2D eigenvalue weighted by atomic mass is 35.5. The van der Waals surface area contributed by atoms with Crippen LogP contribution in [0.1, 0.15) is 39.0 Å². The number of carbonyl (C=O) groups is 1. The van der Waals surface area contributed by atoms with E-state index in [9.17, 15) is 4.79 Å². The minimum Gasteiger partial charge on any atom is -0.379 e. The fraction of sp³-hybridized carbons (Fsp3) is 0.923. The predicted molar refractivity (Wildman–Crippen MR) is 74.1 cm³/mol. The highest BCUT2D eigenvalue weighted by Crippen LogP contribution is 2.00. The molecule has 1 N–H and O–H groups in total. The first-order chi connectivity index (χ1) is 8.81. The normalized spacial score (nSPS) is 10.6. The van der Waals surface area contributed by atoms with Crippen LogP contribution in [0.15, 0.2) is 0 Å². The molecule has 5 heteroatoms. The van der Waals surface area contributed by atoms with Gasteiger partial charge in [-0.25, -0.2) is 0 Å². The first kappa shape index (κ1) is 17.7. The van der Waals surface area contributed by atoms with E-state index in [1.165, 1.54) is 12.8 Å². The van der Waals surface area contributed by atoms with Crippen molar-refractivity contribution >= 4 is 17.5 Å². The fourth-order valence-electron chi connectivity index (χ4n) is 1.36. The zero-order valence-corrected chi connectivity index (χ0v) is 12.1. The predicted octanol–water partition coefficient (Wildman–Crippen LogP) is 2.34. The second-order valence-corrected chi connectivity index (χ2v) is 4.41. The number of carbonyl (C=O) groups excluding carboxylic acids is 1. The van der Waals surface area contributed by atoms with Gasteiger partial charge in [-0.15, -0.1) is 11.6 Å². The van der Waals surface area contributed by atoms with E-state index in [2.05, 4.69) is 5.32 Å². The molecular weight excluding hydrogens is 254 g/mol. The maximum Gasteiger partial charge on any atom is 0.219 e. The van der Waals surface area contributed by atoms with Crippen molar-refractivity contribution in [1.29, 1.82) is 0 Å². The lowest BCUT2D eigenvalue weighted by molar-refractivity contribution is -0.121.